The van der Waals surface area contributed by atoms with E-state index in [1.165, 1.54) is 64.3 Å². The fraction of sp³-hybridized carbons (Fsp3) is 1.00. The third kappa shape index (κ3) is 5.73. The summed E-state index contributed by atoms with van der Waals surface area (Å²) in [5.74, 6) is 1.90. The van der Waals surface area contributed by atoms with Gasteiger partial charge in [0, 0.05) is 6.04 Å². The maximum atomic E-state index is 2.66. The molecule has 1 fully saturated rings. The lowest BCUT2D eigenvalue weighted by molar-refractivity contribution is 0.175. The molecule has 0 aromatic heterocycles. The number of hydrogen-bond donors (Lipinski definition) is 0. The summed E-state index contributed by atoms with van der Waals surface area (Å²) in [7, 11) is 2.36. The molecule has 0 spiro atoms. The first-order chi connectivity index (χ1) is 8.67. The first kappa shape index (κ1) is 16.0. The molecular formula is C17H35N. The monoisotopic (exact) mass is 253 g/mol. The topological polar surface area (TPSA) is 3.24 Å². The molecule has 0 aliphatic carbocycles. The van der Waals surface area contributed by atoms with Crippen LogP contribution < -0.4 is 0 Å². The van der Waals surface area contributed by atoms with Crippen molar-refractivity contribution in [2.75, 3.05) is 13.6 Å². The Morgan fingerprint density at radius 3 is 2.28 bits per heavy atom. The lowest BCUT2D eigenvalue weighted by Crippen LogP contribution is -2.34. The Bertz CT molecular complexity index is 198. The lowest BCUT2D eigenvalue weighted by Gasteiger charge is -2.32. The summed E-state index contributed by atoms with van der Waals surface area (Å²) < 4.78 is 0. The van der Waals surface area contributed by atoms with Crippen molar-refractivity contribution >= 4 is 0 Å². The zero-order valence-corrected chi connectivity index (χ0v) is 13.3. The molecule has 0 bridgehead atoms. The fourth-order valence-corrected chi connectivity index (χ4v) is 3.41. The predicted molar refractivity (Wildman–Crippen MR) is 82.0 cm³/mol. The molecule has 1 aliphatic rings. The minimum atomic E-state index is 0.850. The highest BCUT2D eigenvalue weighted by Crippen LogP contribution is 2.25. The van der Waals surface area contributed by atoms with Crippen molar-refractivity contribution in [2.24, 2.45) is 11.8 Å². The third-order valence-electron chi connectivity index (χ3n) is 5.08. The van der Waals surface area contributed by atoms with E-state index in [0.717, 1.165) is 17.9 Å². The maximum Gasteiger partial charge on any atom is 0.00948 e. The highest BCUT2D eigenvalue weighted by molar-refractivity contribution is 4.74. The molecule has 0 aromatic carbocycles. The highest BCUT2D eigenvalue weighted by Gasteiger charge is 2.19. The molecule has 1 heterocycles. The summed E-state index contributed by atoms with van der Waals surface area (Å²) in [5.41, 5.74) is 0. The average molecular weight is 253 g/mol. The van der Waals surface area contributed by atoms with Gasteiger partial charge in [0.05, 0.1) is 0 Å². The van der Waals surface area contributed by atoms with Crippen LogP contribution in [-0.4, -0.2) is 24.5 Å². The molecule has 108 valence electrons. The summed E-state index contributed by atoms with van der Waals surface area (Å²) in [5, 5.41) is 0. The Hall–Kier alpha value is -0.0400. The largest absolute Gasteiger partial charge is 0.303 e. The van der Waals surface area contributed by atoms with Gasteiger partial charge in [-0.05, 0) is 51.1 Å². The van der Waals surface area contributed by atoms with E-state index >= 15 is 0 Å². The van der Waals surface area contributed by atoms with E-state index < -0.39 is 0 Å². The van der Waals surface area contributed by atoms with Crippen LogP contribution in [0.4, 0.5) is 0 Å². The van der Waals surface area contributed by atoms with Crippen LogP contribution in [0.1, 0.15) is 78.6 Å². The van der Waals surface area contributed by atoms with Crippen molar-refractivity contribution in [3.05, 3.63) is 0 Å². The SMILES string of the molecule is CCC(CC)CC1CCCCC(C)CCCN1C. The number of nitrogens with zero attached hydrogens (tertiary/aromatic N) is 1. The molecule has 0 radical (unpaired) electrons. The summed E-state index contributed by atoms with van der Waals surface area (Å²) in [4.78, 5) is 2.66. The van der Waals surface area contributed by atoms with Gasteiger partial charge in [-0.1, -0.05) is 52.9 Å². The zero-order chi connectivity index (χ0) is 13.4. The standard InChI is InChI=1S/C17H35N/c1-5-16(6-2)14-17-12-8-7-10-15(3)11-9-13-18(17)4/h15-17H,5-14H2,1-4H3. The summed E-state index contributed by atoms with van der Waals surface area (Å²) in [6.07, 6.45) is 12.8. The van der Waals surface area contributed by atoms with Gasteiger partial charge in [0.1, 0.15) is 0 Å². The molecule has 1 saturated heterocycles. The second-order valence-corrected chi connectivity index (χ2v) is 6.58. The minimum absolute atomic E-state index is 0.850. The molecule has 1 nitrogen and oxygen atoms in total. The molecule has 0 aromatic rings. The van der Waals surface area contributed by atoms with Crippen molar-refractivity contribution in [2.45, 2.75) is 84.6 Å². The molecule has 0 saturated carbocycles. The van der Waals surface area contributed by atoms with Crippen LogP contribution in [0.2, 0.25) is 0 Å². The van der Waals surface area contributed by atoms with E-state index in [9.17, 15) is 0 Å². The van der Waals surface area contributed by atoms with Gasteiger partial charge in [0.15, 0.2) is 0 Å². The first-order valence-corrected chi connectivity index (χ1v) is 8.37. The van der Waals surface area contributed by atoms with Crippen LogP contribution in [0.3, 0.4) is 0 Å². The molecule has 1 aliphatic heterocycles. The first-order valence-electron chi connectivity index (χ1n) is 8.37. The van der Waals surface area contributed by atoms with Crippen LogP contribution in [-0.2, 0) is 0 Å². The van der Waals surface area contributed by atoms with Gasteiger partial charge in [0.2, 0.25) is 0 Å². The second kappa shape index (κ2) is 8.96. The smallest absolute Gasteiger partial charge is 0.00948 e. The highest BCUT2D eigenvalue weighted by atomic mass is 15.1. The van der Waals surface area contributed by atoms with Gasteiger partial charge in [0.25, 0.3) is 0 Å². The fourth-order valence-electron chi connectivity index (χ4n) is 3.41. The third-order valence-corrected chi connectivity index (χ3v) is 5.08. The molecule has 0 N–H and O–H groups in total. The normalized spacial score (nSPS) is 28.5. The Kier molecular flexibility index (Phi) is 7.97. The number of hydrogen-bond acceptors (Lipinski definition) is 1. The predicted octanol–water partition coefficient (Wildman–Crippen LogP) is 5.10. The molecule has 1 rings (SSSR count). The minimum Gasteiger partial charge on any atom is -0.303 e. The van der Waals surface area contributed by atoms with Gasteiger partial charge in [-0.15, -0.1) is 0 Å². The van der Waals surface area contributed by atoms with E-state index in [4.69, 9.17) is 0 Å². The molecule has 0 amide bonds. The lowest BCUT2D eigenvalue weighted by atomic mass is 9.89. The van der Waals surface area contributed by atoms with Crippen LogP contribution >= 0.6 is 0 Å². The van der Waals surface area contributed by atoms with Crippen molar-refractivity contribution in [3.63, 3.8) is 0 Å². The van der Waals surface area contributed by atoms with E-state index in [1.54, 1.807) is 0 Å². The van der Waals surface area contributed by atoms with Gasteiger partial charge in [-0.3, -0.25) is 0 Å². The van der Waals surface area contributed by atoms with Crippen molar-refractivity contribution < 1.29 is 0 Å². The Morgan fingerprint density at radius 1 is 1.00 bits per heavy atom. The van der Waals surface area contributed by atoms with E-state index in [2.05, 4.69) is 32.7 Å². The van der Waals surface area contributed by atoms with E-state index in [1.807, 2.05) is 0 Å². The number of rotatable bonds is 4. The molecule has 2 atom stereocenters. The van der Waals surface area contributed by atoms with E-state index in [-0.39, 0.29) is 0 Å². The van der Waals surface area contributed by atoms with Gasteiger partial charge in [-0.25, -0.2) is 0 Å². The Balaban J connectivity index is 2.47. The van der Waals surface area contributed by atoms with Crippen LogP contribution in [0.25, 0.3) is 0 Å². The van der Waals surface area contributed by atoms with Gasteiger partial charge < -0.3 is 4.90 Å². The summed E-state index contributed by atoms with van der Waals surface area (Å²) >= 11 is 0. The quantitative estimate of drug-likeness (QED) is 0.673. The zero-order valence-electron chi connectivity index (χ0n) is 13.3. The van der Waals surface area contributed by atoms with Crippen LogP contribution in [0.15, 0.2) is 0 Å². The second-order valence-electron chi connectivity index (χ2n) is 6.58. The molecule has 1 heteroatoms. The van der Waals surface area contributed by atoms with Gasteiger partial charge >= 0.3 is 0 Å². The van der Waals surface area contributed by atoms with Crippen LogP contribution in [0, 0.1) is 11.8 Å². The van der Waals surface area contributed by atoms with Crippen molar-refractivity contribution in [1.29, 1.82) is 0 Å². The molecule has 18 heavy (non-hydrogen) atoms. The van der Waals surface area contributed by atoms with Crippen molar-refractivity contribution in [1.82, 2.24) is 4.90 Å². The van der Waals surface area contributed by atoms with Crippen molar-refractivity contribution in [3.8, 4) is 0 Å². The summed E-state index contributed by atoms with van der Waals surface area (Å²) in [6, 6.07) is 0.850. The maximum absolute atomic E-state index is 2.66. The molecule has 2 unspecified atom stereocenters. The molecular weight excluding hydrogens is 218 g/mol. The Morgan fingerprint density at radius 2 is 1.61 bits per heavy atom. The summed E-state index contributed by atoms with van der Waals surface area (Å²) in [6.45, 7) is 8.46. The van der Waals surface area contributed by atoms with Crippen LogP contribution in [0.5, 0.6) is 0 Å². The average Bonchev–Trinajstić information content (AvgIpc) is 2.37. The van der Waals surface area contributed by atoms with Gasteiger partial charge in [-0.2, -0.15) is 0 Å². The Labute approximate surface area is 115 Å². The van der Waals surface area contributed by atoms with E-state index in [0.29, 0.717) is 0 Å².